The van der Waals surface area contributed by atoms with Crippen molar-refractivity contribution in [1.29, 1.82) is 0 Å². The van der Waals surface area contributed by atoms with Gasteiger partial charge < -0.3 is 11.1 Å². The highest BCUT2D eigenvalue weighted by Crippen LogP contribution is 2.13. The van der Waals surface area contributed by atoms with Gasteiger partial charge in [0, 0.05) is 6.54 Å². The Kier molecular flexibility index (Phi) is 8.85. The number of nitrogens with one attached hydrogen (secondary N) is 1. The van der Waals surface area contributed by atoms with Crippen molar-refractivity contribution in [3.05, 3.63) is 0 Å². The topological polar surface area (TPSA) is 89.3 Å². The van der Waals surface area contributed by atoms with E-state index >= 15 is 0 Å². The van der Waals surface area contributed by atoms with E-state index in [0.29, 0.717) is 19.4 Å². The maximum atomic E-state index is 11.7. The molecule has 110 valence electrons. The van der Waals surface area contributed by atoms with Crippen molar-refractivity contribution in [2.75, 3.05) is 12.3 Å². The number of amides is 1. The van der Waals surface area contributed by atoms with Gasteiger partial charge in [-0.2, -0.15) is 0 Å². The molecule has 5 nitrogen and oxygen atoms in total. The number of carbonyl (C=O) groups is 1. The second kappa shape index (κ2) is 7.96. The molecule has 3 N–H and O–H groups in total. The van der Waals surface area contributed by atoms with E-state index < -0.39 is 32.3 Å². The Morgan fingerprint density at radius 1 is 1.28 bits per heavy atom. The summed E-state index contributed by atoms with van der Waals surface area (Å²) >= 11 is 0. The van der Waals surface area contributed by atoms with Crippen molar-refractivity contribution in [3.63, 3.8) is 0 Å². The number of rotatable bonds is 7. The highest BCUT2D eigenvalue weighted by Gasteiger charge is 2.29. The average Bonchev–Trinajstić information content (AvgIpc) is 2.25. The van der Waals surface area contributed by atoms with Crippen molar-refractivity contribution >= 4 is 28.2 Å². The molecule has 0 heterocycles. The number of nitrogens with two attached hydrogens (primary N) is 1. The Morgan fingerprint density at radius 2 is 1.72 bits per heavy atom. The lowest BCUT2D eigenvalue weighted by Gasteiger charge is -2.31. The maximum absolute atomic E-state index is 11.7. The van der Waals surface area contributed by atoms with Gasteiger partial charge in [-0.05, 0) is 26.7 Å². The van der Waals surface area contributed by atoms with Crippen LogP contribution in [-0.4, -0.2) is 37.4 Å². The van der Waals surface area contributed by atoms with Gasteiger partial charge in [0.05, 0.1) is 10.8 Å². The number of carbonyl (C=O) groups excluding carboxylic acids is 1. The third-order valence-corrected chi connectivity index (χ3v) is 5.30. The van der Waals surface area contributed by atoms with Crippen LogP contribution in [-0.2, 0) is 14.6 Å². The zero-order chi connectivity index (χ0) is 13.7. The Morgan fingerprint density at radius 3 is 2.00 bits per heavy atom. The highest BCUT2D eigenvalue weighted by molar-refractivity contribution is 7.92. The van der Waals surface area contributed by atoms with Gasteiger partial charge in [-0.1, -0.05) is 13.8 Å². The molecule has 0 fully saturated rings. The molecule has 0 aromatic heterocycles. The molecule has 0 saturated carbocycles. The van der Waals surface area contributed by atoms with Gasteiger partial charge in [0.15, 0.2) is 9.84 Å². The largest absolute Gasteiger partial charge is 0.349 e. The summed E-state index contributed by atoms with van der Waals surface area (Å²) in [5, 5.41) is 2.21. The van der Waals surface area contributed by atoms with E-state index in [1.807, 2.05) is 13.8 Å². The molecule has 0 rings (SSSR count). The zero-order valence-electron chi connectivity index (χ0n) is 11.5. The molecule has 0 bridgehead atoms. The molecular weight excluding hydrogens is 276 g/mol. The van der Waals surface area contributed by atoms with E-state index in [1.165, 1.54) is 0 Å². The lowest BCUT2D eigenvalue weighted by Crippen LogP contribution is -2.54. The van der Waals surface area contributed by atoms with Crippen LogP contribution < -0.4 is 11.1 Å². The standard InChI is InChI=1S/C11H24N2O3S.ClH/c1-5-11(6-2,8-12)13-10(14)7-17(15,16)9(3)4;/h9H,5-8,12H2,1-4H3,(H,13,14);1H. The van der Waals surface area contributed by atoms with E-state index in [1.54, 1.807) is 13.8 Å². The number of sulfone groups is 1. The number of halogens is 1. The fourth-order valence-electron chi connectivity index (χ4n) is 1.45. The fraction of sp³-hybridized carbons (Fsp3) is 0.909. The van der Waals surface area contributed by atoms with E-state index in [9.17, 15) is 13.2 Å². The molecule has 0 unspecified atom stereocenters. The molecule has 0 aliphatic rings. The number of hydrogen-bond acceptors (Lipinski definition) is 4. The Balaban J connectivity index is 0. The average molecular weight is 301 g/mol. The van der Waals surface area contributed by atoms with E-state index in [4.69, 9.17) is 5.73 Å². The monoisotopic (exact) mass is 300 g/mol. The van der Waals surface area contributed by atoms with Crippen LogP contribution in [0.3, 0.4) is 0 Å². The third kappa shape index (κ3) is 5.54. The normalized spacial score (nSPS) is 12.1. The summed E-state index contributed by atoms with van der Waals surface area (Å²) in [6.07, 6.45) is 1.38. The van der Waals surface area contributed by atoms with Gasteiger partial charge in [-0.25, -0.2) is 8.42 Å². The molecule has 7 heteroatoms. The van der Waals surface area contributed by atoms with Crippen LogP contribution >= 0.6 is 12.4 Å². The fourth-order valence-corrected chi connectivity index (χ4v) is 2.22. The van der Waals surface area contributed by atoms with Crippen LogP contribution in [0.1, 0.15) is 40.5 Å². The molecule has 0 atom stereocenters. The molecule has 0 aromatic rings. The Hall–Kier alpha value is -0.330. The molecule has 0 aliphatic carbocycles. The van der Waals surface area contributed by atoms with E-state index in [0.717, 1.165) is 0 Å². The van der Waals surface area contributed by atoms with Crippen LogP contribution in [0.25, 0.3) is 0 Å². The summed E-state index contributed by atoms with van der Waals surface area (Å²) in [4.78, 5) is 11.7. The van der Waals surface area contributed by atoms with Crippen LogP contribution in [0.2, 0.25) is 0 Å². The van der Waals surface area contributed by atoms with Gasteiger partial charge in [0.25, 0.3) is 0 Å². The van der Waals surface area contributed by atoms with Crippen molar-refractivity contribution in [3.8, 4) is 0 Å². The van der Waals surface area contributed by atoms with Crippen LogP contribution in [0.5, 0.6) is 0 Å². The van der Waals surface area contributed by atoms with E-state index in [2.05, 4.69) is 5.32 Å². The highest BCUT2D eigenvalue weighted by atomic mass is 35.5. The summed E-state index contributed by atoms with van der Waals surface area (Å²) in [6, 6.07) is 0. The molecule has 1 amide bonds. The number of hydrogen-bond donors (Lipinski definition) is 2. The lowest BCUT2D eigenvalue weighted by molar-refractivity contribution is -0.120. The Bertz CT molecular complexity index is 343. The van der Waals surface area contributed by atoms with Crippen molar-refractivity contribution in [1.82, 2.24) is 5.32 Å². The van der Waals surface area contributed by atoms with Gasteiger partial charge in [0.2, 0.25) is 5.91 Å². The zero-order valence-corrected chi connectivity index (χ0v) is 13.2. The summed E-state index contributed by atoms with van der Waals surface area (Å²) in [5.41, 5.74) is 5.15. The maximum Gasteiger partial charge on any atom is 0.235 e. The molecule has 0 aliphatic heterocycles. The van der Waals surface area contributed by atoms with Crippen LogP contribution in [0.4, 0.5) is 0 Å². The predicted molar refractivity (Wildman–Crippen MR) is 76.7 cm³/mol. The Labute approximate surface area is 116 Å². The minimum Gasteiger partial charge on any atom is -0.349 e. The van der Waals surface area contributed by atoms with E-state index in [-0.39, 0.29) is 12.4 Å². The van der Waals surface area contributed by atoms with Crippen molar-refractivity contribution in [2.45, 2.75) is 51.3 Å². The quantitative estimate of drug-likeness (QED) is 0.730. The summed E-state index contributed by atoms with van der Waals surface area (Å²) in [5.74, 6) is -0.931. The third-order valence-electron chi connectivity index (χ3n) is 3.20. The SMILES string of the molecule is CCC(CC)(CN)NC(=O)CS(=O)(=O)C(C)C.Cl. The second-order valence-corrected chi connectivity index (χ2v) is 7.15. The van der Waals surface area contributed by atoms with Crippen molar-refractivity contribution < 1.29 is 13.2 Å². The van der Waals surface area contributed by atoms with Gasteiger partial charge in [-0.3, -0.25) is 4.79 Å². The molecule has 18 heavy (non-hydrogen) atoms. The first kappa shape index (κ1) is 20.0. The summed E-state index contributed by atoms with van der Waals surface area (Å²) < 4.78 is 23.2. The summed E-state index contributed by atoms with van der Waals surface area (Å²) in [6.45, 7) is 7.30. The minimum atomic E-state index is -3.35. The smallest absolute Gasteiger partial charge is 0.235 e. The van der Waals surface area contributed by atoms with Gasteiger partial charge in [-0.15, -0.1) is 12.4 Å². The minimum absolute atomic E-state index is 0. The predicted octanol–water partition coefficient (Wildman–Crippen LogP) is 0.865. The first-order valence-electron chi connectivity index (χ1n) is 5.95. The van der Waals surface area contributed by atoms with Gasteiger partial charge >= 0.3 is 0 Å². The molecule has 0 aromatic carbocycles. The lowest BCUT2D eigenvalue weighted by atomic mass is 9.93. The van der Waals surface area contributed by atoms with Crippen molar-refractivity contribution in [2.24, 2.45) is 5.73 Å². The van der Waals surface area contributed by atoms with Gasteiger partial charge in [0.1, 0.15) is 5.75 Å². The molecule has 0 spiro atoms. The second-order valence-electron chi connectivity index (χ2n) is 4.60. The van der Waals surface area contributed by atoms with Crippen LogP contribution in [0, 0.1) is 0 Å². The summed E-state index contributed by atoms with van der Waals surface area (Å²) in [7, 11) is -3.35. The molecular formula is C11H25ClN2O3S. The van der Waals surface area contributed by atoms with Crippen LogP contribution in [0.15, 0.2) is 0 Å². The first-order chi connectivity index (χ1) is 7.73. The molecule has 0 saturated heterocycles. The molecule has 0 radical (unpaired) electrons. The first-order valence-corrected chi connectivity index (χ1v) is 7.67.